The molecule has 67 heavy (non-hydrogen) atoms. The molecule has 2 aromatic heterocycles. The first-order chi connectivity index (χ1) is 31.8. The lowest BCUT2D eigenvalue weighted by molar-refractivity contribution is -0.146. The molecule has 10 rings (SSSR count). The van der Waals surface area contributed by atoms with Crippen LogP contribution in [0.4, 0.5) is 0 Å². The standard InChI is InChI=1S/C26H26N2O4.C14H11NO3.C12H15NO2.2CH4/c29-25(30)26(21-5-2-1-3-6-21)12-15-28(16-13-26)17-19-8-10-20(11-9-19)23-18-31-22-7-4-14-27-24(22)32-23;16-8-10-3-5-11(6-4-10)13-9-17-12-2-1-7-15-14(12)18-13;14-11(15)12(6-8-13-9-7-12)10-4-2-1-3-5-10;;/h1-11,14,23H,12-13,15-18H2,(H,29,30);1-8,13H,9H2;1-5,13H,6-9H2,(H,14,15);2*1H4/t23-;13-;;;/m11.../s1. The van der Waals surface area contributed by atoms with Gasteiger partial charge in [0.25, 0.3) is 11.8 Å². The number of rotatable bonds is 9. The highest BCUT2D eigenvalue weighted by molar-refractivity contribution is 5.82. The highest BCUT2D eigenvalue weighted by Crippen LogP contribution is 2.38. The molecule has 0 spiro atoms. The summed E-state index contributed by atoms with van der Waals surface area (Å²) in [5, 5.41) is 22.6. The monoisotopic (exact) mass is 908 g/mol. The van der Waals surface area contributed by atoms with E-state index in [0.29, 0.717) is 67.7 Å². The maximum Gasteiger partial charge on any atom is 0.314 e. The van der Waals surface area contributed by atoms with Crippen molar-refractivity contribution in [2.75, 3.05) is 39.4 Å². The maximum absolute atomic E-state index is 12.2. The second kappa shape index (κ2) is 22.9. The summed E-state index contributed by atoms with van der Waals surface area (Å²) in [5.41, 5.74) is 4.24. The Bertz CT molecular complexity index is 2510. The number of carboxylic acid groups (broad SMARTS) is 2. The number of carbonyl (C=O) groups is 3. The molecule has 2 saturated heterocycles. The summed E-state index contributed by atoms with van der Waals surface area (Å²) in [5.74, 6) is 0.958. The first-order valence-electron chi connectivity index (χ1n) is 21.9. The van der Waals surface area contributed by atoms with Gasteiger partial charge in [0.1, 0.15) is 19.5 Å². The smallest absolute Gasteiger partial charge is 0.314 e. The molecule has 0 saturated carbocycles. The molecule has 0 bridgehead atoms. The number of nitrogens with one attached hydrogen (secondary N) is 1. The van der Waals surface area contributed by atoms with Gasteiger partial charge in [0.05, 0.1) is 10.8 Å². The van der Waals surface area contributed by atoms with Crippen molar-refractivity contribution in [3.05, 3.63) is 179 Å². The normalized spacial score (nSPS) is 18.6. The Labute approximate surface area is 392 Å². The third-order valence-electron chi connectivity index (χ3n) is 12.6. The van der Waals surface area contributed by atoms with E-state index in [1.807, 2.05) is 91.0 Å². The van der Waals surface area contributed by atoms with Gasteiger partial charge in [-0.3, -0.25) is 19.3 Å². The maximum atomic E-state index is 12.2. The molecule has 4 aromatic carbocycles. The van der Waals surface area contributed by atoms with Crippen LogP contribution in [0, 0.1) is 0 Å². The number of fused-ring (bicyclic) bond motifs is 2. The number of likely N-dealkylation sites (tertiary alicyclic amines) is 1. The van der Waals surface area contributed by atoms with Gasteiger partial charge in [0.15, 0.2) is 23.7 Å². The van der Waals surface area contributed by atoms with Crippen molar-refractivity contribution < 1.29 is 43.5 Å². The second-order valence-electron chi connectivity index (χ2n) is 16.5. The Hall–Kier alpha value is -7.09. The number of aldehydes is 1. The zero-order chi connectivity index (χ0) is 45.1. The van der Waals surface area contributed by atoms with Gasteiger partial charge in [0.2, 0.25) is 0 Å². The van der Waals surface area contributed by atoms with Crippen molar-refractivity contribution in [3.8, 4) is 23.3 Å². The van der Waals surface area contributed by atoms with Crippen LogP contribution in [0.15, 0.2) is 146 Å². The van der Waals surface area contributed by atoms with Crippen LogP contribution in [-0.4, -0.2) is 82.7 Å². The van der Waals surface area contributed by atoms with E-state index in [0.717, 1.165) is 61.3 Å². The highest BCUT2D eigenvalue weighted by Gasteiger charge is 2.43. The van der Waals surface area contributed by atoms with Gasteiger partial charge in [-0.2, -0.15) is 0 Å². The van der Waals surface area contributed by atoms with E-state index in [9.17, 15) is 24.6 Å². The lowest BCUT2D eigenvalue weighted by Gasteiger charge is -2.39. The Morgan fingerprint density at radius 3 is 1.51 bits per heavy atom. The first-order valence-corrected chi connectivity index (χ1v) is 21.9. The molecule has 0 amide bonds. The number of hydrogen-bond donors (Lipinski definition) is 3. The van der Waals surface area contributed by atoms with Gasteiger partial charge in [0, 0.05) is 24.5 Å². The van der Waals surface area contributed by atoms with Crippen LogP contribution in [0.2, 0.25) is 0 Å². The number of benzene rings is 4. The van der Waals surface area contributed by atoms with Gasteiger partial charge in [-0.25, -0.2) is 9.97 Å². The van der Waals surface area contributed by atoms with Crippen LogP contribution in [-0.2, 0) is 27.0 Å². The number of carbonyl (C=O) groups excluding carboxylic acids is 1. The fraction of sp³-hybridized carbons (Fsp3) is 0.315. The molecule has 2 fully saturated rings. The van der Waals surface area contributed by atoms with Crippen molar-refractivity contribution >= 4 is 18.2 Å². The van der Waals surface area contributed by atoms with Crippen LogP contribution < -0.4 is 24.3 Å². The van der Waals surface area contributed by atoms with Gasteiger partial charge >= 0.3 is 11.9 Å². The van der Waals surface area contributed by atoms with E-state index in [1.165, 1.54) is 5.56 Å². The first kappa shape index (κ1) is 49.3. The van der Waals surface area contributed by atoms with Gasteiger partial charge in [-0.05, 0) is 104 Å². The number of aromatic nitrogens is 2. The predicted octanol–water partition coefficient (Wildman–Crippen LogP) is 9.28. The largest absolute Gasteiger partial charge is 0.484 e. The molecule has 4 aliphatic rings. The fourth-order valence-corrected chi connectivity index (χ4v) is 8.74. The number of pyridine rings is 2. The summed E-state index contributed by atoms with van der Waals surface area (Å²) in [6.45, 7) is 4.77. The Morgan fingerprint density at radius 1 is 0.612 bits per heavy atom. The van der Waals surface area contributed by atoms with Gasteiger partial charge < -0.3 is 34.5 Å². The molecule has 0 aliphatic carbocycles. The molecule has 0 unspecified atom stereocenters. The Balaban J connectivity index is 0.000000179. The summed E-state index contributed by atoms with van der Waals surface area (Å²) < 4.78 is 23.1. The molecular formula is C54H60N4O9. The lowest BCUT2D eigenvalue weighted by atomic mass is 9.73. The van der Waals surface area contributed by atoms with E-state index in [-0.39, 0.29) is 27.1 Å². The Morgan fingerprint density at radius 2 is 1.06 bits per heavy atom. The summed E-state index contributed by atoms with van der Waals surface area (Å²) in [7, 11) is 0. The van der Waals surface area contributed by atoms with Gasteiger partial charge in [-0.1, -0.05) is 124 Å². The SMILES string of the molecule is C.C.O=C(O)C1(c2ccccc2)CCN(Cc2ccc([C@H]3COc4cccnc4O3)cc2)CC1.O=C(O)C1(c2ccccc2)CCNCC1.O=Cc1ccc([C@H]2COc3cccnc3O2)cc1. The van der Waals surface area contributed by atoms with Crippen LogP contribution in [0.3, 0.4) is 0 Å². The third kappa shape index (κ3) is 11.5. The lowest BCUT2D eigenvalue weighted by Crippen LogP contribution is -2.47. The number of ether oxygens (including phenoxy) is 4. The van der Waals surface area contributed by atoms with E-state index < -0.39 is 22.8 Å². The summed E-state index contributed by atoms with van der Waals surface area (Å²) in [4.78, 5) is 44.9. The fourth-order valence-electron chi connectivity index (χ4n) is 8.74. The summed E-state index contributed by atoms with van der Waals surface area (Å²) in [6, 6.07) is 42.2. The number of carboxylic acids is 2. The van der Waals surface area contributed by atoms with E-state index in [4.69, 9.17) is 18.9 Å². The predicted molar refractivity (Wildman–Crippen MR) is 256 cm³/mol. The zero-order valence-corrected chi connectivity index (χ0v) is 36.0. The topological polar surface area (TPSA) is 170 Å². The molecule has 13 heteroatoms. The minimum Gasteiger partial charge on any atom is -0.484 e. The molecular weight excluding hydrogens is 849 g/mol. The third-order valence-corrected chi connectivity index (χ3v) is 12.6. The Kier molecular flexibility index (Phi) is 16.9. The molecule has 6 heterocycles. The molecule has 4 aliphatic heterocycles. The van der Waals surface area contributed by atoms with Gasteiger partial charge in [-0.15, -0.1) is 0 Å². The van der Waals surface area contributed by atoms with Crippen molar-refractivity contribution in [1.82, 2.24) is 20.2 Å². The van der Waals surface area contributed by atoms with E-state index >= 15 is 0 Å². The minimum atomic E-state index is -0.787. The molecule has 13 nitrogen and oxygen atoms in total. The van der Waals surface area contributed by atoms with Crippen LogP contribution in [0.5, 0.6) is 23.3 Å². The summed E-state index contributed by atoms with van der Waals surface area (Å²) >= 11 is 0. The number of piperidine rings is 2. The van der Waals surface area contributed by atoms with Crippen LogP contribution in [0.1, 0.15) is 90.9 Å². The minimum absolute atomic E-state index is 0. The van der Waals surface area contributed by atoms with Crippen molar-refractivity contribution in [3.63, 3.8) is 0 Å². The average Bonchev–Trinajstić information content (AvgIpc) is 3.37. The molecule has 3 N–H and O–H groups in total. The van der Waals surface area contributed by atoms with Crippen LogP contribution in [0.25, 0.3) is 0 Å². The second-order valence-corrected chi connectivity index (χ2v) is 16.5. The molecule has 2 atom stereocenters. The quantitative estimate of drug-likeness (QED) is 0.118. The van der Waals surface area contributed by atoms with Crippen molar-refractivity contribution in [2.24, 2.45) is 0 Å². The van der Waals surface area contributed by atoms with Crippen molar-refractivity contribution in [1.29, 1.82) is 0 Å². The molecule has 350 valence electrons. The number of hydrogen-bond acceptors (Lipinski definition) is 11. The summed E-state index contributed by atoms with van der Waals surface area (Å²) in [6.07, 6.45) is 6.39. The van der Waals surface area contributed by atoms with E-state index in [1.54, 1.807) is 30.6 Å². The van der Waals surface area contributed by atoms with Crippen molar-refractivity contribution in [2.45, 2.75) is 70.1 Å². The zero-order valence-electron chi connectivity index (χ0n) is 36.0. The number of nitrogens with zero attached hydrogens (tertiary/aromatic N) is 3. The molecule has 6 aromatic rings. The molecule has 0 radical (unpaired) electrons. The number of aliphatic carboxylic acids is 2. The van der Waals surface area contributed by atoms with Crippen LogP contribution >= 0.6 is 0 Å². The van der Waals surface area contributed by atoms with E-state index in [2.05, 4.69) is 44.5 Å². The highest BCUT2D eigenvalue weighted by atomic mass is 16.6. The average molecular weight is 909 g/mol.